The molecule has 3 aliphatic carbocycles. The molecule has 0 N–H and O–H groups in total. The Labute approximate surface area is 218 Å². The molecular weight excluding hydrogens is 460 g/mol. The lowest BCUT2D eigenvalue weighted by molar-refractivity contribution is 0.0352. The molecule has 3 aromatic carbocycles. The Kier molecular flexibility index (Phi) is 5.98. The van der Waals surface area contributed by atoms with E-state index in [4.69, 9.17) is 9.47 Å². The standard InChI is InChI=1S/C33H32O4/c1-21-30(37-32(35)23-11-7-4-8-12-23)20-29-28-15-13-24-19-25(36-31(34)22-9-5-3-6-10-22)14-16-26(24)27(28)17-18-33(21,29)2/h3-12,14,16,19,27-30H,1,13,15,17-18,20H2,2H3/t27-,28-,29+,30-,33-/m1/s1. The van der Waals surface area contributed by atoms with Gasteiger partial charge in [-0.05, 0) is 108 Å². The van der Waals surface area contributed by atoms with Crippen LogP contribution >= 0.6 is 0 Å². The summed E-state index contributed by atoms with van der Waals surface area (Å²) in [5.74, 6) is 1.45. The fraction of sp³-hybridized carbons (Fsp3) is 0.333. The first kappa shape index (κ1) is 23.7. The first-order valence-electron chi connectivity index (χ1n) is 13.3. The van der Waals surface area contributed by atoms with Gasteiger partial charge in [-0.1, -0.05) is 56.0 Å². The maximum atomic E-state index is 12.8. The molecule has 0 aliphatic heterocycles. The largest absolute Gasteiger partial charge is 0.454 e. The molecule has 37 heavy (non-hydrogen) atoms. The van der Waals surface area contributed by atoms with E-state index in [1.165, 1.54) is 11.1 Å². The Bertz CT molecular complexity index is 1350. The number of fused-ring (bicyclic) bond motifs is 5. The zero-order valence-electron chi connectivity index (χ0n) is 21.2. The summed E-state index contributed by atoms with van der Waals surface area (Å²) in [4.78, 5) is 25.3. The van der Waals surface area contributed by atoms with Crippen molar-refractivity contribution in [1.29, 1.82) is 0 Å². The minimum absolute atomic E-state index is 0.00847. The molecule has 0 amide bonds. The van der Waals surface area contributed by atoms with Gasteiger partial charge in [0.2, 0.25) is 0 Å². The van der Waals surface area contributed by atoms with Gasteiger partial charge in [-0.15, -0.1) is 0 Å². The van der Waals surface area contributed by atoms with Crippen LogP contribution in [0.1, 0.15) is 70.4 Å². The average molecular weight is 493 g/mol. The molecule has 3 aromatic rings. The summed E-state index contributed by atoms with van der Waals surface area (Å²) in [7, 11) is 0. The molecule has 0 radical (unpaired) electrons. The summed E-state index contributed by atoms with van der Waals surface area (Å²) in [5, 5.41) is 0. The molecule has 4 nitrogen and oxygen atoms in total. The third kappa shape index (κ3) is 4.19. The Hall–Kier alpha value is -3.66. The highest BCUT2D eigenvalue weighted by Crippen LogP contribution is 2.63. The van der Waals surface area contributed by atoms with Crippen molar-refractivity contribution in [2.45, 2.75) is 51.0 Å². The van der Waals surface area contributed by atoms with Crippen molar-refractivity contribution in [2.75, 3.05) is 0 Å². The van der Waals surface area contributed by atoms with Crippen molar-refractivity contribution in [3.63, 3.8) is 0 Å². The first-order chi connectivity index (χ1) is 17.9. The van der Waals surface area contributed by atoms with Gasteiger partial charge in [0, 0.05) is 0 Å². The lowest BCUT2D eigenvalue weighted by atomic mass is 9.55. The van der Waals surface area contributed by atoms with Gasteiger partial charge in [0.05, 0.1) is 11.1 Å². The SMILES string of the molecule is C=C1[C@H](OC(=O)c2ccccc2)C[C@H]2[C@@H]3CCc4cc(OC(=O)c5ccccc5)ccc4[C@H]3CC[C@]12C. The molecule has 4 heteroatoms. The van der Waals surface area contributed by atoms with E-state index < -0.39 is 0 Å². The molecular formula is C33H32O4. The summed E-state index contributed by atoms with van der Waals surface area (Å²) in [6.07, 6.45) is 4.79. The summed E-state index contributed by atoms with van der Waals surface area (Å²) in [6, 6.07) is 24.5. The molecule has 0 aromatic heterocycles. The molecule has 3 aliphatic rings. The van der Waals surface area contributed by atoms with E-state index in [2.05, 4.69) is 25.6 Å². The van der Waals surface area contributed by atoms with Crippen LogP contribution < -0.4 is 4.74 Å². The van der Waals surface area contributed by atoms with Gasteiger partial charge in [-0.2, -0.15) is 0 Å². The molecule has 188 valence electrons. The molecule has 6 rings (SSSR count). The highest BCUT2D eigenvalue weighted by Gasteiger charge is 2.56. The maximum absolute atomic E-state index is 12.8. The quantitative estimate of drug-likeness (QED) is 0.220. The van der Waals surface area contributed by atoms with E-state index in [9.17, 15) is 9.59 Å². The van der Waals surface area contributed by atoms with Crippen molar-refractivity contribution < 1.29 is 19.1 Å². The summed E-state index contributed by atoms with van der Waals surface area (Å²) in [5.41, 5.74) is 4.87. The number of carbonyl (C=O) groups excluding carboxylic acids is 2. The van der Waals surface area contributed by atoms with E-state index in [1.807, 2.05) is 42.5 Å². The molecule has 0 spiro atoms. The van der Waals surface area contributed by atoms with Gasteiger partial charge in [0.25, 0.3) is 0 Å². The van der Waals surface area contributed by atoms with E-state index in [1.54, 1.807) is 24.3 Å². The average Bonchev–Trinajstić information content (AvgIpc) is 3.19. The van der Waals surface area contributed by atoms with Crippen LogP contribution in [0.15, 0.2) is 91.0 Å². The number of esters is 2. The Balaban J connectivity index is 1.19. The van der Waals surface area contributed by atoms with Crippen molar-refractivity contribution in [1.82, 2.24) is 0 Å². The van der Waals surface area contributed by atoms with Crippen molar-refractivity contribution in [2.24, 2.45) is 17.3 Å². The Morgan fingerprint density at radius 2 is 1.57 bits per heavy atom. The topological polar surface area (TPSA) is 52.6 Å². The predicted octanol–water partition coefficient (Wildman–Crippen LogP) is 7.15. The molecule has 0 saturated heterocycles. The third-order valence-corrected chi connectivity index (χ3v) is 9.16. The Morgan fingerprint density at radius 3 is 2.27 bits per heavy atom. The van der Waals surface area contributed by atoms with Gasteiger partial charge in [0.15, 0.2) is 0 Å². The lowest BCUT2D eigenvalue weighted by Gasteiger charge is -2.49. The van der Waals surface area contributed by atoms with Crippen molar-refractivity contribution in [3.05, 3.63) is 113 Å². The number of aryl methyl sites for hydroxylation is 1. The van der Waals surface area contributed by atoms with Crippen LogP contribution in [0.4, 0.5) is 0 Å². The lowest BCUT2D eigenvalue weighted by Crippen LogP contribution is -2.40. The normalized spacial score (nSPS) is 28.0. The van der Waals surface area contributed by atoms with Gasteiger partial charge in [-0.25, -0.2) is 9.59 Å². The fourth-order valence-electron chi connectivity index (χ4n) is 7.15. The highest BCUT2D eigenvalue weighted by molar-refractivity contribution is 5.91. The number of carbonyl (C=O) groups is 2. The minimum atomic E-state index is -0.330. The van der Waals surface area contributed by atoms with Crippen LogP contribution in [0.5, 0.6) is 5.75 Å². The van der Waals surface area contributed by atoms with Crippen LogP contribution in [0.2, 0.25) is 0 Å². The number of benzene rings is 3. The molecule has 0 heterocycles. The van der Waals surface area contributed by atoms with E-state index in [0.717, 1.165) is 37.7 Å². The van der Waals surface area contributed by atoms with Crippen LogP contribution in [-0.2, 0) is 11.2 Å². The van der Waals surface area contributed by atoms with Gasteiger partial charge >= 0.3 is 11.9 Å². The molecule has 5 atom stereocenters. The third-order valence-electron chi connectivity index (χ3n) is 9.16. The zero-order chi connectivity index (χ0) is 25.6. The predicted molar refractivity (Wildman–Crippen MR) is 143 cm³/mol. The Morgan fingerprint density at radius 1 is 0.892 bits per heavy atom. The van der Waals surface area contributed by atoms with E-state index in [0.29, 0.717) is 34.6 Å². The van der Waals surface area contributed by atoms with Gasteiger partial charge in [0.1, 0.15) is 11.9 Å². The number of ether oxygens (including phenoxy) is 2. The second kappa shape index (κ2) is 9.33. The summed E-state index contributed by atoms with van der Waals surface area (Å²) in [6.45, 7) is 6.79. The number of hydrogen-bond donors (Lipinski definition) is 0. The van der Waals surface area contributed by atoms with Crippen molar-refractivity contribution >= 4 is 11.9 Å². The molecule has 2 fully saturated rings. The van der Waals surface area contributed by atoms with Crippen molar-refractivity contribution in [3.8, 4) is 5.75 Å². The minimum Gasteiger partial charge on any atom is -0.454 e. The number of rotatable bonds is 4. The second-order valence-corrected chi connectivity index (χ2v) is 11.0. The first-order valence-corrected chi connectivity index (χ1v) is 13.3. The van der Waals surface area contributed by atoms with Crippen LogP contribution in [0.25, 0.3) is 0 Å². The van der Waals surface area contributed by atoms with E-state index in [-0.39, 0.29) is 23.5 Å². The highest BCUT2D eigenvalue weighted by atomic mass is 16.5. The van der Waals surface area contributed by atoms with Gasteiger partial charge in [-0.3, -0.25) is 0 Å². The number of hydrogen-bond acceptors (Lipinski definition) is 4. The van der Waals surface area contributed by atoms with Gasteiger partial charge < -0.3 is 9.47 Å². The zero-order valence-corrected chi connectivity index (χ0v) is 21.2. The monoisotopic (exact) mass is 492 g/mol. The smallest absolute Gasteiger partial charge is 0.343 e. The molecule has 2 saturated carbocycles. The summed E-state index contributed by atoms with van der Waals surface area (Å²) >= 11 is 0. The molecule has 0 bridgehead atoms. The molecule has 0 unspecified atom stereocenters. The van der Waals surface area contributed by atoms with Crippen LogP contribution in [-0.4, -0.2) is 18.0 Å². The maximum Gasteiger partial charge on any atom is 0.343 e. The fourth-order valence-corrected chi connectivity index (χ4v) is 7.15. The summed E-state index contributed by atoms with van der Waals surface area (Å²) < 4.78 is 11.7. The second-order valence-electron chi connectivity index (χ2n) is 11.0. The van der Waals surface area contributed by atoms with E-state index >= 15 is 0 Å². The van der Waals surface area contributed by atoms with Crippen LogP contribution in [0, 0.1) is 17.3 Å². The van der Waals surface area contributed by atoms with Crippen LogP contribution in [0.3, 0.4) is 0 Å².